The van der Waals surface area contributed by atoms with Crippen LogP contribution in [0.3, 0.4) is 0 Å². The number of anilines is 1. The maximum atomic E-state index is 13.0. The highest BCUT2D eigenvalue weighted by Crippen LogP contribution is 2.33. The summed E-state index contributed by atoms with van der Waals surface area (Å²) in [7, 11) is 0. The molecule has 2 aliphatic heterocycles. The largest absolute Gasteiger partial charge is 0.332 e. The molecule has 0 spiro atoms. The molecule has 0 bridgehead atoms. The maximum Gasteiger partial charge on any atom is 0.282 e. The van der Waals surface area contributed by atoms with Crippen molar-refractivity contribution in [2.75, 3.05) is 18.1 Å². The monoisotopic (exact) mass is 368 g/mol. The van der Waals surface area contributed by atoms with E-state index in [4.69, 9.17) is 0 Å². The molecule has 0 saturated carbocycles. The smallest absolute Gasteiger partial charge is 0.282 e. The quantitative estimate of drug-likeness (QED) is 0.844. The Balaban J connectivity index is 1.50. The lowest BCUT2D eigenvalue weighted by molar-refractivity contribution is -0.132. The first-order valence-corrected chi connectivity index (χ1v) is 8.62. The van der Waals surface area contributed by atoms with Crippen molar-refractivity contribution >= 4 is 17.4 Å². The molecule has 27 heavy (non-hydrogen) atoms. The molecular formula is C20H18F2N4O. The van der Waals surface area contributed by atoms with E-state index in [0.717, 1.165) is 22.6 Å². The molecule has 7 heteroatoms. The van der Waals surface area contributed by atoms with Gasteiger partial charge in [0.1, 0.15) is 5.82 Å². The third kappa shape index (κ3) is 3.28. The Bertz CT molecular complexity index is 920. The Morgan fingerprint density at radius 3 is 2.74 bits per heavy atom. The zero-order valence-corrected chi connectivity index (χ0v) is 14.5. The molecule has 1 N–H and O–H groups in total. The van der Waals surface area contributed by atoms with Crippen molar-refractivity contribution in [2.24, 2.45) is 0 Å². The van der Waals surface area contributed by atoms with E-state index in [1.165, 1.54) is 17.0 Å². The Hall–Kier alpha value is -3.22. The molecule has 1 aromatic heterocycles. The number of nitrogens with zero attached hydrogens (tertiary/aromatic N) is 3. The summed E-state index contributed by atoms with van der Waals surface area (Å²) in [5, 5.41) is 1.91. The number of benzene rings is 1. The average molecular weight is 368 g/mol. The van der Waals surface area contributed by atoms with Crippen LogP contribution in [0.25, 0.3) is 5.70 Å². The van der Waals surface area contributed by atoms with Gasteiger partial charge < -0.3 is 4.90 Å². The van der Waals surface area contributed by atoms with Gasteiger partial charge >= 0.3 is 0 Å². The fourth-order valence-corrected chi connectivity index (χ4v) is 3.26. The number of amides is 1. The van der Waals surface area contributed by atoms with Crippen LogP contribution < -0.4 is 10.4 Å². The number of fused-ring (bicyclic) bond motifs is 1. The average Bonchev–Trinajstić information content (AvgIpc) is 2.98. The van der Waals surface area contributed by atoms with E-state index in [-0.39, 0.29) is 11.9 Å². The first kappa shape index (κ1) is 17.2. The van der Waals surface area contributed by atoms with Crippen molar-refractivity contribution in [1.82, 2.24) is 15.3 Å². The first-order chi connectivity index (χ1) is 13.0. The predicted molar refractivity (Wildman–Crippen MR) is 98.5 cm³/mol. The number of carbonyl (C=O) groups is 1. The third-order valence-electron chi connectivity index (χ3n) is 4.75. The number of halogens is 2. The van der Waals surface area contributed by atoms with Gasteiger partial charge in [-0.05, 0) is 36.2 Å². The van der Waals surface area contributed by atoms with Crippen LogP contribution in [0.4, 0.5) is 14.6 Å². The number of likely N-dealkylation sites (tertiary alicyclic amines) is 1. The minimum absolute atomic E-state index is 0.00123. The molecule has 1 saturated heterocycles. The topological polar surface area (TPSA) is 48.5 Å². The van der Waals surface area contributed by atoms with Gasteiger partial charge in [-0.15, -0.1) is 0 Å². The second kappa shape index (κ2) is 6.83. The molecule has 2 aromatic rings. The van der Waals surface area contributed by atoms with Crippen LogP contribution in [0.2, 0.25) is 0 Å². The fraction of sp³-hybridized carbons (Fsp3) is 0.200. The van der Waals surface area contributed by atoms with Gasteiger partial charge in [-0.3, -0.25) is 15.2 Å². The molecule has 138 valence electrons. The van der Waals surface area contributed by atoms with Crippen LogP contribution in [0.5, 0.6) is 0 Å². The van der Waals surface area contributed by atoms with E-state index in [2.05, 4.69) is 17.0 Å². The molecule has 0 atom stereocenters. The van der Waals surface area contributed by atoms with E-state index in [1.807, 2.05) is 23.2 Å². The first-order valence-electron chi connectivity index (χ1n) is 8.62. The molecule has 0 unspecified atom stereocenters. The van der Waals surface area contributed by atoms with Gasteiger partial charge in [0.2, 0.25) is 0 Å². The van der Waals surface area contributed by atoms with Crippen LogP contribution in [0, 0.1) is 5.82 Å². The van der Waals surface area contributed by atoms with Crippen molar-refractivity contribution in [3.63, 3.8) is 0 Å². The number of nitrogens with one attached hydrogen (secondary N) is 1. The molecule has 1 fully saturated rings. The van der Waals surface area contributed by atoms with Crippen LogP contribution in [0.1, 0.15) is 11.1 Å². The van der Waals surface area contributed by atoms with Crippen molar-refractivity contribution < 1.29 is 13.6 Å². The summed E-state index contributed by atoms with van der Waals surface area (Å²) in [6.45, 7) is 3.85. The highest BCUT2D eigenvalue weighted by molar-refractivity contribution is 5.91. The predicted octanol–water partition coefficient (Wildman–Crippen LogP) is 2.82. The maximum absolute atomic E-state index is 13.0. The molecule has 4 rings (SSSR count). The van der Waals surface area contributed by atoms with E-state index >= 15 is 0 Å². The third-order valence-corrected chi connectivity index (χ3v) is 4.75. The molecule has 1 amide bonds. The Morgan fingerprint density at radius 2 is 2.04 bits per heavy atom. The van der Waals surface area contributed by atoms with Crippen LogP contribution in [0.15, 0.2) is 61.1 Å². The van der Waals surface area contributed by atoms with E-state index < -0.39 is 11.7 Å². The molecule has 5 nitrogen and oxygen atoms in total. The number of allylic oxidation sites excluding steroid dienone is 1. The van der Waals surface area contributed by atoms with Gasteiger partial charge in [0.05, 0.1) is 11.7 Å². The van der Waals surface area contributed by atoms with Gasteiger partial charge in [-0.1, -0.05) is 24.8 Å². The summed E-state index contributed by atoms with van der Waals surface area (Å²) in [6.07, 6.45) is 4.38. The number of aromatic nitrogens is 1. The molecule has 1 aromatic carbocycles. The summed E-state index contributed by atoms with van der Waals surface area (Å²) in [5.41, 5.74) is 6.19. The Labute approximate surface area is 155 Å². The van der Waals surface area contributed by atoms with E-state index in [9.17, 15) is 13.6 Å². The lowest BCUT2D eigenvalue weighted by Crippen LogP contribution is -2.63. The minimum Gasteiger partial charge on any atom is -0.332 e. The summed E-state index contributed by atoms with van der Waals surface area (Å²) >= 11 is 0. The zero-order valence-electron chi connectivity index (χ0n) is 14.5. The summed E-state index contributed by atoms with van der Waals surface area (Å²) < 4.78 is 26.0. The van der Waals surface area contributed by atoms with Gasteiger partial charge in [0.15, 0.2) is 11.6 Å². The van der Waals surface area contributed by atoms with Crippen LogP contribution >= 0.6 is 0 Å². The number of hydrazine groups is 1. The lowest BCUT2D eigenvalue weighted by Gasteiger charge is -2.43. The van der Waals surface area contributed by atoms with E-state index in [0.29, 0.717) is 19.5 Å². The molecule has 0 aliphatic carbocycles. The lowest BCUT2D eigenvalue weighted by atomic mass is 10.1. The number of pyridine rings is 1. The Morgan fingerprint density at radius 1 is 1.30 bits per heavy atom. The number of rotatable bonds is 4. The SMILES string of the molecule is C=C(F)C(=O)N1CC(N2N/C(=C/Cc3ccc(F)cc3)c3cccnc32)C1. The molecule has 0 radical (unpaired) electrons. The van der Waals surface area contributed by atoms with Crippen molar-refractivity contribution in [3.8, 4) is 0 Å². The number of carbonyl (C=O) groups excluding carboxylic acids is 1. The molecular weight excluding hydrogens is 350 g/mol. The second-order valence-corrected chi connectivity index (χ2v) is 6.57. The van der Waals surface area contributed by atoms with E-state index in [1.54, 1.807) is 18.3 Å². The molecule has 2 aliphatic rings. The van der Waals surface area contributed by atoms with Crippen molar-refractivity contribution in [1.29, 1.82) is 0 Å². The van der Waals surface area contributed by atoms with Gasteiger partial charge in [0, 0.05) is 24.8 Å². The number of hydrogen-bond acceptors (Lipinski definition) is 4. The molecule has 3 heterocycles. The summed E-state index contributed by atoms with van der Waals surface area (Å²) in [4.78, 5) is 17.5. The van der Waals surface area contributed by atoms with Gasteiger partial charge in [-0.25, -0.2) is 13.8 Å². The Kier molecular flexibility index (Phi) is 4.35. The van der Waals surface area contributed by atoms with Crippen LogP contribution in [-0.4, -0.2) is 34.9 Å². The fourth-order valence-electron chi connectivity index (χ4n) is 3.26. The van der Waals surface area contributed by atoms with Crippen LogP contribution in [-0.2, 0) is 11.2 Å². The summed E-state index contributed by atoms with van der Waals surface area (Å²) in [5.74, 6) is -1.09. The summed E-state index contributed by atoms with van der Waals surface area (Å²) in [6, 6.07) is 10.2. The van der Waals surface area contributed by atoms with Crippen molar-refractivity contribution in [2.45, 2.75) is 12.5 Å². The highest BCUT2D eigenvalue weighted by atomic mass is 19.1. The minimum atomic E-state index is -0.943. The normalized spacial score (nSPS) is 17.5. The zero-order chi connectivity index (χ0) is 19.0. The standard InChI is InChI=1S/C20H18F2N4O/c1-13(21)20(27)25-11-16(12-25)26-19-17(3-2-10-23-19)18(24-26)9-6-14-4-7-15(22)8-5-14/h2-5,7-10,16,24H,1,6,11-12H2/b18-9+. The number of hydrogen-bond donors (Lipinski definition) is 1. The highest BCUT2D eigenvalue weighted by Gasteiger charge is 2.40. The van der Waals surface area contributed by atoms with Crippen molar-refractivity contribution in [3.05, 3.63) is 78.0 Å². The van der Waals surface area contributed by atoms with Gasteiger partial charge in [-0.2, -0.15) is 0 Å². The second-order valence-electron chi connectivity index (χ2n) is 6.57. The van der Waals surface area contributed by atoms with Gasteiger partial charge in [0.25, 0.3) is 5.91 Å².